The first-order valence-corrected chi connectivity index (χ1v) is 11.3. The summed E-state index contributed by atoms with van der Waals surface area (Å²) < 4.78 is 102. The predicted molar refractivity (Wildman–Crippen MR) is 106 cm³/mol. The number of sulfone groups is 1. The molecule has 2 aromatic rings. The Labute approximate surface area is 186 Å². The summed E-state index contributed by atoms with van der Waals surface area (Å²) in [6, 6.07) is 4.35. The van der Waals surface area contributed by atoms with Gasteiger partial charge in [-0.25, -0.2) is 8.42 Å². The lowest BCUT2D eigenvalue weighted by atomic mass is 9.73. The Morgan fingerprint density at radius 2 is 1.55 bits per heavy atom. The Morgan fingerprint density at radius 1 is 0.970 bits per heavy atom. The number of hydrogen-bond donors (Lipinski definition) is 1. The van der Waals surface area contributed by atoms with E-state index in [0.29, 0.717) is 12.1 Å². The minimum absolute atomic E-state index is 0.190. The van der Waals surface area contributed by atoms with E-state index in [1.165, 1.54) is 13.8 Å². The Morgan fingerprint density at radius 3 is 2.12 bits per heavy atom. The van der Waals surface area contributed by atoms with Crippen LogP contribution in [0.2, 0.25) is 0 Å². The maximum Gasteiger partial charge on any atom is 0.416 e. The standard InChI is InChI=1S/C21H20F6N2O3S/c1-19(2,33(31,32)16-5-3-4-12(10-16)20(22,23)24)14-8-15(9-14)29-18(30)17-11-13(6-7-28-17)21(25,26)27/h3-7,10-11,14-15H,8-9H2,1-2H3,(H,29,30)/t14-,15+. The number of carbonyl (C=O) groups excluding carboxylic acids is 1. The molecule has 0 unspecified atom stereocenters. The molecular formula is C21H20F6N2O3S. The Balaban J connectivity index is 1.69. The number of aromatic nitrogens is 1. The number of amides is 1. The second-order valence-electron chi connectivity index (χ2n) is 8.40. The number of hydrogen-bond acceptors (Lipinski definition) is 4. The quantitative estimate of drug-likeness (QED) is 0.602. The smallest absolute Gasteiger partial charge is 0.348 e. The van der Waals surface area contributed by atoms with Gasteiger partial charge in [0.2, 0.25) is 0 Å². The van der Waals surface area contributed by atoms with E-state index >= 15 is 0 Å². The summed E-state index contributed by atoms with van der Waals surface area (Å²) in [5, 5.41) is 2.52. The normalized spacial score (nSPS) is 19.6. The van der Waals surface area contributed by atoms with Crippen LogP contribution < -0.4 is 5.32 Å². The molecule has 0 bridgehead atoms. The summed E-state index contributed by atoms with van der Waals surface area (Å²) in [6.07, 6.45) is -8.09. The van der Waals surface area contributed by atoms with Crippen molar-refractivity contribution in [2.45, 2.75) is 54.7 Å². The molecular weight excluding hydrogens is 474 g/mol. The van der Waals surface area contributed by atoms with Gasteiger partial charge in [0.05, 0.1) is 20.8 Å². The van der Waals surface area contributed by atoms with Gasteiger partial charge in [-0.1, -0.05) is 6.07 Å². The van der Waals surface area contributed by atoms with Crippen molar-refractivity contribution in [1.82, 2.24) is 10.3 Å². The van der Waals surface area contributed by atoms with Crippen LogP contribution in [-0.4, -0.2) is 30.1 Å². The summed E-state index contributed by atoms with van der Waals surface area (Å²) in [6.45, 7) is 2.80. The highest BCUT2D eigenvalue weighted by molar-refractivity contribution is 7.92. The fraction of sp³-hybridized carbons (Fsp3) is 0.429. The van der Waals surface area contributed by atoms with Gasteiger partial charge in [-0.15, -0.1) is 0 Å². The van der Waals surface area contributed by atoms with Crippen LogP contribution in [0.4, 0.5) is 26.3 Å². The molecule has 1 saturated carbocycles. The van der Waals surface area contributed by atoms with Crippen molar-refractivity contribution in [2.75, 3.05) is 0 Å². The molecule has 0 atom stereocenters. The molecule has 1 aromatic carbocycles. The summed E-state index contributed by atoms with van der Waals surface area (Å²) in [7, 11) is -4.16. The third-order valence-corrected chi connectivity index (χ3v) is 8.53. The highest BCUT2D eigenvalue weighted by atomic mass is 32.2. The number of rotatable bonds is 5. The predicted octanol–water partition coefficient (Wildman–Crippen LogP) is 4.88. The van der Waals surface area contributed by atoms with Crippen molar-refractivity contribution in [1.29, 1.82) is 0 Å². The van der Waals surface area contributed by atoms with Gasteiger partial charge in [0, 0.05) is 12.2 Å². The van der Waals surface area contributed by atoms with Crippen LogP contribution in [0.1, 0.15) is 48.3 Å². The van der Waals surface area contributed by atoms with E-state index in [1.807, 2.05) is 0 Å². The number of carbonyl (C=O) groups is 1. The third-order valence-electron chi connectivity index (χ3n) is 5.94. The van der Waals surface area contributed by atoms with E-state index in [0.717, 1.165) is 30.5 Å². The van der Waals surface area contributed by atoms with Gasteiger partial charge in [-0.05, 0) is 62.9 Å². The van der Waals surface area contributed by atoms with Crippen molar-refractivity contribution in [3.05, 3.63) is 59.4 Å². The topological polar surface area (TPSA) is 76.1 Å². The maximum atomic E-state index is 13.1. The monoisotopic (exact) mass is 494 g/mol. The molecule has 1 amide bonds. The van der Waals surface area contributed by atoms with Crippen molar-refractivity contribution in [3.63, 3.8) is 0 Å². The second-order valence-corrected chi connectivity index (χ2v) is 10.9. The van der Waals surface area contributed by atoms with Crippen LogP contribution >= 0.6 is 0 Å². The Kier molecular flexibility index (Phi) is 6.29. The fourth-order valence-electron chi connectivity index (χ4n) is 3.66. The van der Waals surface area contributed by atoms with E-state index in [-0.39, 0.29) is 12.8 Å². The second kappa shape index (κ2) is 8.30. The zero-order chi connectivity index (χ0) is 24.8. The van der Waals surface area contributed by atoms with E-state index in [4.69, 9.17) is 0 Å². The highest BCUT2D eigenvalue weighted by Gasteiger charge is 2.49. The first-order chi connectivity index (χ1) is 15.0. The lowest BCUT2D eigenvalue weighted by Crippen LogP contribution is -2.53. The molecule has 5 nitrogen and oxygen atoms in total. The number of halogens is 6. The molecule has 0 saturated heterocycles. The first kappa shape index (κ1) is 25.0. The average Bonchev–Trinajstić information content (AvgIpc) is 2.68. The Bertz CT molecular complexity index is 1150. The van der Waals surface area contributed by atoms with Crippen molar-refractivity contribution < 1.29 is 39.6 Å². The zero-order valence-corrected chi connectivity index (χ0v) is 18.3. The molecule has 1 fully saturated rings. The van der Waals surface area contributed by atoms with Crippen molar-refractivity contribution in [2.24, 2.45) is 5.92 Å². The maximum absolute atomic E-state index is 13.1. The summed E-state index contributed by atoms with van der Waals surface area (Å²) in [5.41, 5.74) is -2.53. The molecule has 1 aliphatic carbocycles. The number of nitrogens with one attached hydrogen (secondary N) is 1. The van der Waals surface area contributed by atoms with Crippen LogP contribution in [0.5, 0.6) is 0 Å². The molecule has 1 aliphatic rings. The van der Waals surface area contributed by atoms with Gasteiger partial charge in [0.25, 0.3) is 5.91 Å². The van der Waals surface area contributed by atoms with Crippen LogP contribution in [0.3, 0.4) is 0 Å². The lowest BCUT2D eigenvalue weighted by molar-refractivity contribution is -0.138. The van der Waals surface area contributed by atoms with Crippen LogP contribution in [0.15, 0.2) is 47.5 Å². The minimum Gasteiger partial charge on any atom is -0.348 e. The molecule has 180 valence electrons. The Hall–Kier alpha value is -2.63. The van der Waals surface area contributed by atoms with E-state index in [1.54, 1.807) is 0 Å². The summed E-state index contributed by atoms with van der Waals surface area (Å²) in [4.78, 5) is 15.5. The van der Waals surface area contributed by atoms with E-state index in [9.17, 15) is 39.6 Å². The molecule has 0 aliphatic heterocycles. The van der Waals surface area contributed by atoms with Gasteiger partial charge in [-0.2, -0.15) is 26.3 Å². The minimum atomic E-state index is -4.70. The van der Waals surface area contributed by atoms with E-state index < -0.39 is 66.5 Å². The van der Waals surface area contributed by atoms with Gasteiger partial charge >= 0.3 is 12.4 Å². The van der Waals surface area contributed by atoms with Crippen LogP contribution in [0, 0.1) is 5.92 Å². The molecule has 0 spiro atoms. The molecule has 0 radical (unpaired) electrons. The molecule has 1 aromatic heterocycles. The SMILES string of the molecule is CC(C)([C@H]1C[C@@H](NC(=O)c2cc(C(F)(F)F)ccn2)C1)S(=O)(=O)c1cccc(C(F)(F)F)c1. The lowest BCUT2D eigenvalue weighted by Gasteiger charge is -2.44. The molecule has 1 heterocycles. The first-order valence-electron chi connectivity index (χ1n) is 9.79. The van der Waals surface area contributed by atoms with Crippen LogP contribution in [-0.2, 0) is 22.2 Å². The van der Waals surface area contributed by atoms with Gasteiger partial charge in [0.15, 0.2) is 9.84 Å². The number of benzene rings is 1. The van der Waals surface area contributed by atoms with Crippen molar-refractivity contribution >= 4 is 15.7 Å². The molecule has 12 heteroatoms. The number of nitrogens with zero attached hydrogens (tertiary/aromatic N) is 1. The number of alkyl halides is 6. The third kappa shape index (κ3) is 4.99. The molecule has 1 N–H and O–H groups in total. The average molecular weight is 494 g/mol. The zero-order valence-electron chi connectivity index (χ0n) is 17.5. The van der Waals surface area contributed by atoms with Gasteiger partial charge in [-0.3, -0.25) is 9.78 Å². The van der Waals surface area contributed by atoms with Gasteiger partial charge < -0.3 is 5.32 Å². The summed E-state index contributed by atoms with van der Waals surface area (Å²) in [5.74, 6) is -1.32. The van der Waals surface area contributed by atoms with Crippen LogP contribution in [0.25, 0.3) is 0 Å². The molecule has 33 heavy (non-hydrogen) atoms. The van der Waals surface area contributed by atoms with Gasteiger partial charge in [0.1, 0.15) is 5.69 Å². The molecule has 3 rings (SSSR count). The summed E-state index contributed by atoms with van der Waals surface area (Å²) >= 11 is 0. The van der Waals surface area contributed by atoms with E-state index in [2.05, 4.69) is 10.3 Å². The highest BCUT2D eigenvalue weighted by Crippen LogP contribution is 2.44. The number of pyridine rings is 1. The van der Waals surface area contributed by atoms with Crippen molar-refractivity contribution in [3.8, 4) is 0 Å². The largest absolute Gasteiger partial charge is 0.416 e. The fourth-order valence-corrected chi connectivity index (χ4v) is 5.44.